The number of benzene rings is 2. The molecule has 2 aromatic carbocycles. The molecule has 7 heteroatoms. The van der Waals surface area contributed by atoms with Crippen LogP contribution in [0.4, 0.5) is 11.4 Å². The molecule has 0 saturated heterocycles. The Morgan fingerprint density at radius 2 is 1.76 bits per heavy atom. The Morgan fingerprint density at radius 3 is 2.43 bits per heavy atom. The summed E-state index contributed by atoms with van der Waals surface area (Å²) in [5, 5.41) is 8.28. The molecule has 0 fully saturated rings. The molecule has 21 heavy (non-hydrogen) atoms. The first-order valence-corrected chi connectivity index (χ1v) is 8.60. The topological polar surface area (TPSA) is 84.2 Å². The van der Waals surface area contributed by atoms with Crippen molar-refractivity contribution in [2.24, 2.45) is 5.14 Å². The minimum Gasteiger partial charge on any atom is -0.378 e. The molecule has 1 atom stereocenters. The summed E-state index contributed by atoms with van der Waals surface area (Å²) in [4.78, 5) is 0. The molecule has 0 aliphatic heterocycles. The molecule has 1 unspecified atom stereocenters. The molecule has 0 spiro atoms. The lowest BCUT2D eigenvalue weighted by molar-refractivity contribution is 0.603. The van der Waals surface area contributed by atoms with Gasteiger partial charge in [0.2, 0.25) is 0 Å². The predicted octanol–water partition coefficient (Wildman–Crippen LogP) is 3.24. The van der Waals surface area contributed by atoms with Crippen LogP contribution >= 0.6 is 15.9 Å². The van der Waals surface area contributed by atoms with E-state index in [1.54, 1.807) is 18.2 Å². The SMILES string of the molecule is CC(Nc1cccc(NS(N)(=O)=O)c1)c1cccc(Br)c1. The van der Waals surface area contributed by atoms with E-state index in [4.69, 9.17) is 5.14 Å². The van der Waals surface area contributed by atoms with Gasteiger partial charge >= 0.3 is 0 Å². The molecule has 0 aliphatic carbocycles. The van der Waals surface area contributed by atoms with Gasteiger partial charge in [0.05, 0.1) is 5.69 Å². The Labute approximate surface area is 132 Å². The first-order valence-electron chi connectivity index (χ1n) is 6.26. The summed E-state index contributed by atoms with van der Waals surface area (Å²) >= 11 is 3.44. The average molecular weight is 370 g/mol. The van der Waals surface area contributed by atoms with E-state index in [-0.39, 0.29) is 6.04 Å². The highest BCUT2D eigenvalue weighted by Gasteiger charge is 2.07. The maximum atomic E-state index is 11.0. The quantitative estimate of drug-likeness (QED) is 0.756. The largest absolute Gasteiger partial charge is 0.378 e. The second-order valence-corrected chi connectivity index (χ2v) is 6.86. The highest BCUT2D eigenvalue weighted by molar-refractivity contribution is 9.10. The molecule has 0 aliphatic rings. The zero-order valence-corrected chi connectivity index (χ0v) is 13.8. The fourth-order valence-electron chi connectivity index (χ4n) is 1.95. The third-order valence-electron chi connectivity index (χ3n) is 2.85. The van der Waals surface area contributed by atoms with Gasteiger partial charge < -0.3 is 5.32 Å². The number of halogens is 1. The Morgan fingerprint density at radius 1 is 1.10 bits per heavy atom. The molecule has 0 aromatic heterocycles. The van der Waals surface area contributed by atoms with Gasteiger partial charge in [-0.3, -0.25) is 4.72 Å². The second kappa shape index (κ2) is 6.46. The molecule has 0 bridgehead atoms. The Hall–Kier alpha value is -1.57. The van der Waals surface area contributed by atoms with Crippen LogP contribution in [0.1, 0.15) is 18.5 Å². The Kier molecular flexibility index (Phi) is 4.87. The van der Waals surface area contributed by atoms with Crippen LogP contribution in [0.2, 0.25) is 0 Å². The Bertz CT molecular complexity index is 735. The monoisotopic (exact) mass is 369 g/mol. The minimum absolute atomic E-state index is 0.0761. The fourth-order valence-corrected chi connectivity index (χ4v) is 2.82. The third kappa shape index (κ3) is 5.04. The third-order valence-corrected chi connectivity index (χ3v) is 3.87. The van der Waals surface area contributed by atoms with Gasteiger partial charge in [0.1, 0.15) is 0 Å². The smallest absolute Gasteiger partial charge is 0.296 e. The van der Waals surface area contributed by atoms with E-state index in [1.807, 2.05) is 37.3 Å². The number of hydrogen-bond acceptors (Lipinski definition) is 3. The summed E-state index contributed by atoms with van der Waals surface area (Å²) in [6.45, 7) is 2.03. The molecule has 5 nitrogen and oxygen atoms in total. The molecule has 0 heterocycles. The van der Waals surface area contributed by atoms with Gasteiger partial charge in [0, 0.05) is 16.2 Å². The van der Waals surface area contributed by atoms with Gasteiger partial charge in [0.15, 0.2) is 0 Å². The van der Waals surface area contributed by atoms with Crippen molar-refractivity contribution in [1.82, 2.24) is 0 Å². The van der Waals surface area contributed by atoms with Crippen molar-refractivity contribution in [2.75, 3.05) is 10.0 Å². The summed E-state index contributed by atoms with van der Waals surface area (Å²) in [7, 11) is -3.76. The van der Waals surface area contributed by atoms with Crippen molar-refractivity contribution in [3.05, 3.63) is 58.6 Å². The standard InChI is InChI=1S/C14H16BrN3O2S/c1-10(11-4-2-5-12(15)8-11)17-13-6-3-7-14(9-13)18-21(16,19)20/h2-10,17-18H,1H3,(H2,16,19,20). The molecular formula is C14H16BrN3O2S. The summed E-state index contributed by atoms with van der Waals surface area (Å²) in [5.74, 6) is 0. The zero-order chi connectivity index (χ0) is 15.5. The van der Waals surface area contributed by atoms with Crippen molar-refractivity contribution in [1.29, 1.82) is 0 Å². The highest BCUT2D eigenvalue weighted by Crippen LogP contribution is 2.23. The van der Waals surface area contributed by atoms with Crippen LogP contribution in [0.5, 0.6) is 0 Å². The van der Waals surface area contributed by atoms with E-state index >= 15 is 0 Å². The van der Waals surface area contributed by atoms with Crippen LogP contribution in [0.3, 0.4) is 0 Å². The summed E-state index contributed by atoms with van der Waals surface area (Å²) < 4.78 is 25.3. The van der Waals surface area contributed by atoms with E-state index in [0.29, 0.717) is 5.69 Å². The second-order valence-electron chi connectivity index (χ2n) is 4.65. The van der Waals surface area contributed by atoms with Gasteiger partial charge in [-0.2, -0.15) is 8.42 Å². The van der Waals surface area contributed by atoms with Gasteiger partial charge in [-0.05, 0) is 42.8 Å². The maximum Gasteiger partial charge on any atom is 0.296 e. The van der Waals surface area contributed by atoms with E-state index in [2.05, 4.69) is 26.0 Å². The minimum atomic E-state index is -3.76. The van der Waals surface area contributed by atoms with Crippen LogP contribution in [-0.4, -0.2) is 8.42 Å². The molecule has 4 N–H and O–H groups in total. The summed E-state index contributed by atoms with van der Waals surface area (Å²) in [6.07, 6.45) is 0. The van der Waals surface area contributed by atoms with Crippen LogP contribution in [0.15, 0.2) is 53.0 Å². The average Bonchev–Trinajstić information content (AvgIpc) is 2.37. The lowest BCUT2D eigenvalue weighted by atomic mass is 10.1. The van der Waals surface area contributed by atoms with Gasteiger partial charge in [-0.15, -0.1) is 0 Å². The van der Waals surface area contributed by atoms with E-state index < -0.39 is 10.2 Å². The van der Waals surface area contributed by atoms with E-state index in [0.717, 1.165) is 15.7 Å². The zero-order valence-electron chi connectivity index (χ0n) is 11.4. The van der Waals surface area contributed by atoms with Gasteiger partial charge in [-0.25, -0.2) is 5.14 Å². The maximum absolute atomic E-state index is 11.0. The van der Waals surface area contributed by atoms with Gasteiger partial charge in [0.25, 0.3) is 10.2 Å². The van der Waals surface area contributed by atoms with Crippen LogP contribution in [0, 0.1) is 0 Å². The highest BCUT2D eigenvalue weighted by atomic mass is 79.9. The fraction of sp³-hybridized carbons (Fsp3) is 0.143. The molecule has 0 radical (unpaired) electrons. The van der Waals surface area contributed by atoms with E-state index in [1.165, 1.54) is 0 Å². The first kappa shape index (κ1) is 15.8. The molecule has 2 rings (SSSR count). The van der Waals surface area contributed by atoms with Crippen LogP contribution in [0.25, 0.3) is 0 Å². The number of nitrogens with two attached hydrogens (primary N) is 1. The van der Waals surface area contributed by atoms with Crippen molar-refractivity contribution >= 4 is 37.5 Å². The van der Waals surface area contributed by atoms with Gasteiger partial charge in [-0.1, -0.05) is 34.1 Å². The number of rotatable bonds is 5. The number of anilines is 2. The molecule has 0 saturated carbocycles. The molecule has 112 valence electrons. The van der Waals surface area contributed by atoms with Crippen LogP contribution in [-0.2, 0) is 10.2 Å². The lowest BCUT2D eigenvalue weighted by Gasteiger charge is -2.17. The lowest BCUT2D eigenvalue weighted by Crippen LogP contribution is -2.21. The summed E-state index contributed by atoms with van der Waals surface area (Å²) in [5.41, 5.74) is 2.34. The molecule has 0 amide bonds. The number of hydrogen-bond donors (Lipinski definition) is 3. The van der Waals surface area contributed by atoms with Crippen molar-refractivity contribution < 1.29 is 8.42 Å². The molecule has 2 aromatic rings. The molecular weight excluding hydrogens is 354 g/mol. The number of nitrogens with one attached hydrogen (secondary N) is 2. The van der Waals surface area contributed by atoms with Crippen molar-refractivity contribution in [2.45, 2.75) is 13.0 Å². The van der Waals surface area contributed by atoms with Crippen molar-refractivity contribution in [3.8, 4) is 0 Å². The van der Waals surface area contributed by atoms with E-state index in [9.17, 15) is 8.42 Å². The summed E-state index contributed by atoms with van der Waals surface area (Å²) in [6, 6.07) is 15.0. The normalized spacial score (nSPS) is 12.7. The predicted molar refractivity (Wildman–Crippen MR) is 89.4 cm³/mol. The van der Waals surface area contributed by atoms with Crippen LogP contribution < -0.4 is 15.2 Å². The first-order chi connectivity index (χ1) is 9.83. The Balaban J connectivity index is 2.14. The van der Waals surface area contributed by atoms with Crippen molar-refractivity contribution in [3.63, 3.8) is 0 Å².